The van der Waals surface area contributed by atoms with E-state index in [-0.39, 0.29) is 29.1 Å². The first-order valence-corrected chi connectivity index (χ1v) is 10.4. The molecule has 140 valence electrons. The van der Waals surface area contributed by atoms with Gasteiger partial charge in [0.25, 0.3) is 5.91 Å². The fraction of sp³-hybridized carbons (Fsp3) is 0.444. The number of nitrogens with one attached hydrogen (secondary N) is 1. The molecule has 0 bridgehead atoms. The van der Waals surface area contributed by atoms with Crippen molar-refractivity contribution in [2.45, 2.75) is 32.4 Å². The molecule has 7 nitrogen and oxygen atoms in total. The molecule has 1 aromatic carbocycles. The quantitative estimate of drug-likeness (QED) is 0.800. The first-order valence-electron chi connectivity index (χ1n) is 8.60. The van der Waals surface area contributed by atoms with Crippen LogP contribution in [0.15, 0.2) is 30.3 Å². The summed E-state index contributed by atoms with van der Waals surface area (Å²) >= 11 is 0. The van der Waals surface area contributed by atoms with Crippen LogP contribution >= 0.6 is 0 Å². The van der Waals surface area contributed by atoms with Crippen molar-refractivity contribution in [1.82, 2.24) is 9.88 Å². The molecule has 3 rings (SSSR count). The minimum Gasteiger partial charge on any atom is -0.448 e. The third-order valence-electron chi connectivity index (χ3n) is 4.65. The van der Waals surface area contributed by atoms with Crippen LogP contribution < -0.4 is 0 Å². The highest BCUT2D eigenvalue weighted by atomic mass is 32.2. The molecule has 2 atom stereocenters. The Morgan fingerprint density at radius 2 is 2.08 bits per heavy atom. The lowest BCUT2D eigenvalue weighted by atomic mass is 10.2. The number of esters is 1. The summed E-state index contributed by atoms with van der Waals surface area (Å²) in [6.07, 6.45) is -0.568. The van der Waals surface area contributed by atoms with Gasteiger partial charge in [0.2, 0.25) is 0 Å². The Hall–Kier alpha value is -2.35. The molecule has 0 aliphatic carbocycles. The summed E-state index contributed by atoms with van der Waals surface area (Å²) in [7, 11) is -3.10. The van der Waals surface area contributed by atoms with Crippen molar-refractivity contribution < 1.29 is 22.7 Å². The molecule has 1 saturated heterocycles. The first kappa shape index (κ1) is 18.4. The van der Waals surface area contributed by atoms with E-state index in [1.807, 2.05) is 24.3 Å². The van der Waals surface area contributed by atoms with Crippen LogP contribution in [0.3, 0.4) is 0 Å². The lowest BCUT2D eigenvalue weighted by molar-refractivity contribution is -0.141. The number of hydrogen-bond acceptors (Lipinski definition) is 5. The van der Waals surface area contributed by atoms with Gasteiger partial charge in [0.05, 0.1) is 11.5 Å². The van der Waals surface area contributed by atoms with Crippen molar-refractivity contribution in [3.8, 4) is 0 Å². The number of benzene rings is 1. The van der Waals surface area contributed by atoms with Gasteiger partial charge in [-0.2, -0.15) is 0 Å². The Kier molecular flexibility index (Phi) is 5.04. The van der Waals surface area contributed by atoms with Crippen molar-refractivity contribution in [3.05, 3.63) is 36.0 Å². The Morgan fingerprint density at radius 3 is 2.69 bits per heavy atom. The van der Waals surface area contributed by atoms with Gasteiger partial charge in [0.15, 0.2) is 15.9 Å². The van der Waals surface area contributed by atoms with Gasteiger partial charge >= 0.3 is 5.97 Å². The van der Waals surface area contributed by atoms with Gasteiger partial charge < -0.3 is 14.6 Å². The van der Waals surface area contributed by atoms with Crippen LogP contribution in [0.25, 0.3) is 10.9 Å². The monoisotopic (exact) mass is 378 g/mol. The number of aromatic nitrogens is 1. The third-order valence-corrected chi connectivity index (χ3v) is 6.40. The molecule has 1 aliphatic heterocycles. The van der Waals surface area contributed by atoms with Gasteiger partial charge in [-0.25, -0.2) is 13.2 Å². The highest BCUT2D eigenvalue weighted by molar-refractivity contribution is 7.91. The summed E-state index contributed by atoms with van der Waals surface area (Å²) < 4.78 is 28.7. The molecule has 1 aliphatic rings. The zero-order chi connectivity index (χ0) is 18.9. The third kappa shape index (κ3) is 3.75. The van der Waals surface area contributed by atoms with Crippen LogP contribution in [0.5, 0.6) is 0 Å². The molecule has 1 amide bonds. The fourth-order valence-electron chi connectivity index (χ4n) is 3.31. The van der Waals surface area contributed by atoms with Gasteiger partial charge in [-0.15, -0.1) is 0 Å². The highest BCUT2D eigenvalue weighted by Crippen LogP contribution is 2.20. The van der Waals surface area contributed by atoms with E-state index in [4.69, 9.17) is 4.74 Å². The average molecular weight is 378 g/mol. The number of amides is 1. The molecule has 1 N–H and O–H groups in total. The molecule has 1 aromatic heterocycles. The summed E-state index contributed by atoms with van der Waals surface area (Å²) in [6, 6.07) is 8.76. The Labute approximate surface area is 152 Å². The number of sulfone groups is 1. The maximum Gasteiger partial charge on any atom is 0.355 e. The Bertz CT molecular complexity index is 901. The summed E-state index contributed by atoms with van der Waals surface area (Å²) in [4.78, 5) is 29.5. The fourth-order valence-corrected chi connectivity index (χ4v) is 5.04. The number of hydrogen-bond donors (Lipinski definition) is 1. The smallest absolute Gasteiger partial charge is 0.355 e. The SMILES string of the molecule is CCN(C(=O)[C@@H](C)OC(=O)c1cc2ccccc2[nH]1)[C@@H]1CCS(=O)(=O)C1. The second-order valence-corrected chi connectivity index (χ2v) is 8.73. The average Bonchev–Trinajstić information content (AvgIpc) is 3.18. The summed E-state index contributed by atoms with van der Waals surface area (Å²) in [6.45, 7) is 3.66. The van der Waals surface area contributed by atoms with E-state index in [1.165, 1.54) is 11.8 Å². The van der Waals surface area contributed by atoms with Crippen molar-refractivity contribution in [2.24, 2.45) is 0 Å². The lowest BCUT2D eigenvalue weighted by Gasteiger charge is -2.29. The van der Waals surface area contributed by atoms with Crippen LogP contribution in [0.2, 0.25) is 0 Å². The molecule has 2 aromatic rings. The van der Waals surface area contributed by atoms with Crippen molar-refractivity contribution in [1.29, 1.82) is 0 Å². The number of carbonyl (C=O) groups is 2. The molecule has 0 saturated carbocycles. The summed E-state index contributed by atoms with van der Waals surface area (Å²) in [5.41, 5.74) is 1.09. The van der Waals surface area contributed by atoms with Crippen LogP contribution in [0, 0.1) is 0 Å². The molecule has 26 heavy (non-hydrogen) atoms. The normalized spacial score (nSPS) is 20.0. The molecule has 0 radical (unpaired) electrons. The molecule has 0 unspecified atom stereocenters. The van der Waals surface area contributed by atoms with Gasteiger partial charge in [-0.1, -0.05) is 18.2 Å². The number of para-hydroxylation sites is 1. The summed E-state index contributed by atoms with van der Waals surface area (Å²) in [5.74, 6) is -0.934. The maximum atomic E-state index is 12.7. The van der Waals surface area contributed by atoms with Crippen molar-refractivity contribution in [3.63, 3.8) is 0 Å². The van der Waals surface area contributed by atoms with E-state index in [1.54, 1.807) is 13.0 Å². The molecule has 8 heteroatoms. The molecular formula is C18H22N2O5S. The second kappa shape index (κ2) is 7.11. The minimum absolute atomic E-state index is 0.0325. The van der Waals surface area contributed by atoms with Crippen LogP contribution in [0.1, 0.15) is 30.8 Å². The Balaban J connectivity index is 1.68. The van der Waals surface area contributed by atoms with Crippen LogP contribution in [0.4, 0.5) is 0 Å². The standard InChI is InChI=1S/C18H22N2O5S/c1-3-20(14-8-9-26(23,24)11-14)17(21)12(2)25-18(22)16-10-13-6-4-5-7-15(13)19-16/h4-7,10,12,14,19H,3,8-9,11H2,1-2H3/t12-,14-/m1/s1. The Morgan fingerprint density at radius 1 is 1.35 bits per heavy atom. The van der Waals surface area contributed by atoms with E-state index in [0.717, 1.165) is 10.9 Å². The number of likely N-dealkylation sites (N-methyl/N-ethyl adjacent to an activating group) is 1. The van der Waals surface area contributed by atoms with E-state index >= 15 is 0 Å². The largest absolute Gasteiger partial charge is 0.448 e. The number of rotatable bonds is 5. The topological polar surface area (TPSA) is 96.5 Å². The number of aromatic amines is 1. The molecule has 0 spiro atoms. The lowest BCUT2D eigenvalue weighted by Crippen LogP contribution is -2.46. The van der Waals surface area contributed by atoms with E-state index in [2.05, 4.69) is 4.98 Å². The highest BCUT2D eigenvalue weighted by Gasteiger charge is 2.36. The number of ether oxygens (including phenoxy) is 1. The molecule has 2 heterocycles. The predicted molar refractivity (Wildman–Crippen MR) is 97.6 cm³/mol. The number of carbonyl (C=O) groups excluding carboxylic acids is 2. The van der Waals surface area contributed by atoms with E-state index < -0.39 is 21.9 Å². The van der Waals surface area contributed by atoms with E-state index in [0.29, 0.717) is 13.0 Å². The molecule has 1 fully saturated rings. The zero-order valence-corrected chi connectivity index (χ0v) is 15.6. The van der Waals surface area contributed by atoms with Crippen LogP contribution in [-0.2, 0) is 19.4 Å². The van der Waals surface area contributed by atoms with Crippen molar-refractivity contribution >= 4 is 32.6 Å². The van der Waals surface area contributed by atoms with Crippen molar-refractivity contribution in [2.75, 3.05) is 18.1 Å². The van der Waals surface area contributed by atoms with Crippen LogP contribution in [-0.4, -0.2) is 60.4 Å². The molecular weight excluding hydrogens is 356 g/mol. The number of nitrogens with zero attached hydrogens (tertiary/aromatic N) is 1. The second-order valence-electron chi connectivity index (χ2n) is 6.50. The van der Waals surface area contributed by atoms with Gasteiger partial charge in [-0.3, -0.25) is 4.79 Å². The predicted octanol–water partition coefficient (Wildman–Crippen LogP) is 1.75. The van der Waals surface area contributed by atoms with Gasteiger partial charge in [0, 0.05) is 23.5 Å². The summed E-state index contributed by atoms with van der Waals surface area (Å²) in [5, 5.41) is 0.879. The first-order chi connectivity index (χ1) is 12.3. The number of H-pyrrole nitrogens is 1. The van der Waals surface area contributed by atoms with Gasteiger partial charge in [-0.05, 0) is 32.4 Å². The zero-order valence-electron chi connectivity index (χ0n) is 14.8. The van der Waals surface area contributed by atoms with E-state index in [9.17, 15) is 18.0 Å². The van der Waals surface area contributed by atoms with Gasteiger partial charge in [0.1, 0.15) is 5.69 Å². The minimum atomic E-state index is -3.10. The number of fused-ring (bicyclic) bond motifs is 1. The maximum absolute atomic E-state index is 12.7.